The fourth-order valence-corrected chi connectivity index (χ4v) is 8.58. The topological polar surface area (TPSA) is 168 Å². The van der Waals surface area contributed by atoms with Crippen LogP contribution < -0.4 is 4.31 Å². The first-order valence-electron chi connectivity index (χ1n) is 15.3. The van der Waals surface area contributed by atoms with E-state index in [4.69, 9.17) is 4.74 Å². The van der Waals surface area contributed by atoms with E-state index < -0.39 is 70.4 Å². The van der Waals surface area contributed by atoms with Crippen molar-refractivity contribution in [3.63, 3.8) is 0 Å². The Labute approximate surface area is 271 Å². The average Bonchev–Trinajstić information content (AvgIpc) is 3.07. The standard InChI is InChI=1S/C35H36FNO9S/c36-24-13-10-21(11-14-24)27(39)16-17-30-31(37(47(30,44)45)25-4-2-1-3-5-25)26-15-12-23(18-28(26)40)20-6-8-22(9-7-20)35-34(43)33(42)32(41)29(19-38)46-35/h1-15,18,27,29-35,38-43H,16-17,19H2/t27?,29-,30+,31-,32-,33+,34-,35+/m1/s1. The summed E-state index contributed by atoms with van der Waals surface area (Å²) >= 11 is 0. The predicted octanol–water partition coefficient (Wildman–Crippen LogP) is 3.49. The molecule has 0 spiro atoms. The molecule has 2 saturated heterocycles. The fraction of sp³-hybridized carbons (Fsp3) is 0.314. The number of hydrogen-bond acceptors (Lipinski definition) is 9. The van der Waals surface area contributed by atoms with Crippen LogP contribution >= 0.6 is 0 Å². The maximum absolute atomic E-state index is 13.6. The van der Waals surface area contributed by atoms with Gasteiger partial charge in [0.25, 0.3) is 0 Å². The molecular formula is C35H36FNO9S. The van der Waals surface area contributed by atoms with Gasteiger partial charge in [0.15, 0.2) is 0 Å². The Bertz CT molecular complexity index is 1790. The lowest BCUT2D eigenvalue weighted by Gasteiger charge is -2.48. The number of phenolic OH excluding ortho intramolecular Hbond substituents is 1. The van der Waals surface area contributed by atoms with Gasteiger partial charge in [-0.25, -0.2) is 12.8 Å². The van der Waals surface area contributed by atoms with E-state index in [9.17, 15) is 43.4 Å². The minimum atomic E-state index is -3.84. The summed E-state index contributed by atoms with van der Waals surface area (Å²) in [5.41, 5.74) is 3.15. The molecule has 0 saturated carbocycles. The Morgan fingerprint density at radius 1 is 0.830 bits per heavy atom. The van der Waals surface area contributed by atoms with Crippen molar-refractivity contribution in [3.05, 3.63) is 120 Å². The number of phenols is 1. The third-order valence-electron chi connectivity index (χ3n) is 9.07. The summed E-state index contributed by atoms with van der Waals surface area (Å²) in [6, 6.07) is 25.0. The molecular weight excluding hydrogens is 629 g/mol. The van der Waals surface area contributed by atoms with Crippen LogP contribution in [0.3, 0.4) is 0 Å². The van der Waals surface area contributed by atoms with Crippen LogP contribution in [0.15, 0.2) is 97.1 Å². The second-order valence-electron chi connectivity index (χ2n) is 11.9. The Morgan fingerprint density at radius 3 is 2.13 bits per heavy atom. The van der Waals surface area contributed by atoms with E-state index >= 15 is 0 Å². The number of sulfonamides is 1. The molecule has 248 valence electrons. The van der Waals surface area contributed by atoms with Crippen molar-refractivity contribution < 1.29 is 48.2 Å². The monoisotopic (exact) mass is 665 g/mol. The molecule has 4 aromatic carbocycles. The lowest BCUT2D eigenvalue weighted by atomic mass is 9.90. The fourth-order valence-electron chi connectivity index (χ4n) is 6.46. The highest BCUT2D eigenvalue weighted by molar-refractivity contribution is 7.95. The number of nitrogens with zero attached hydrogens (tertiary/aromatic N) is 1. The lowest BCUT2D eigenvalue weighted by molar-refractivity contribution is -0.231. The van der Waals surface area contributed by atoms with Gasteiger partial charge in [0, 0.05) is 5.56 Å². The summed E-state index contributed by atoms with van der Waals surface area (Å²) in [6.07, 6.45) is -7.21. The number of anilines is 1. The molecule has 10 nitrogen and oxygen atoms in total. The lowest BCUT2D eigenvalue weighted by Crippen LogP contribution is -2.58. The molecule has 2 fully saturated rings. The first-order valence-corrected chi connectivity index (χ1v) is 16.8. The van der Waals surface area contributed by atoms with Crippen molar-refractivity contribution >= 4 is 15.7 Å². The van der Waals surface area contributed by atoms with E-state index in [2.05, 4.69) is 0 Å². The van der Waals surface area contributed by atoms with Crippen molar-refractivity contribution in [3.8, 4) is 16.9 Å². The van der Waals surface area contributed by atoms with Crippen LogP contribution in [0.1, 0.15) is 47.8 Å². The van der Waals surface area contributed by atoms with Crippen molar-refractivity contribution in [2.24, 2.45) is 0 Å². The van der Waals surface area contributed by atoms with Crippen LogP contribution in [0.25, 0.3) is 11.1 Å². The van der Waals surface area contributed by atoms with E-state index in [-0.39, 0.29) is 18.6 Å². The molecule has 1 unspecified atom stereocenters. The molecule has 12 heteroatoms. The molecule has 8 atom stereocenters. The summed E-state index contributed by atoms with van der Waals surface area (Å²) < 4.78 is 47.6. The molecule has 0 aliphatic carbocycles. The Hall–Kier alpha value is -3.88. The van der Waals surface area contributed by atoms with Crippen LogP contribution in [-0.4, -0.2) is 75.3 Å². The van der Waals surface area contributed by atoms with Crippen molar-refractivity contribution in [2.45, 2.75) is 60.8 Å². The molecule has 2 aliphatic heterocycles. The number of para-hydroxylation sites is 1. The molecule has 2 heterocycles. The number of aliphatic hydroxyl groups is 5. The van der Waals surface area contributed by atoms with Gasteiger partial charge in [0.2, 0.25) is 10.0 Å². The maximum Gasteiger partial charge on any atom is 0.241 e. The van der Waals surface area contributed by atoms with Gasteiger partial charge in [0.1, 0.15) is 47.3 Å². The van der Waals surface area contributed by atoms with Gasteiger partial charge in [-0.1, -0.05) is 66.7 Å². The van der Waals surface area contributed by atoms with Crippen LogP contribution in [0.4, 0.5) is 10.1 Å². The number of benzene rings is 4. The Morgan fingerprint density at radius 2 is 1.49 bits per heavy atom. The van der Waals surface area contributed by atoms with Gasteiger partial charge in [-0.05, 0) is 65.4 Å². The van der Waals surface area contributed by atoms with E-state index in [1.165, 1.54) is 34.6 Å². The minimum absolute atomic E-state index is 0.0927. The molecule has 0 radical (unpaired) electrons. The van der Waals surface area contributed by atoms with Crippen LogP contribution in [-0.2, 0) is 14.8 Å². The van der Waals surface area contributed by atoms with Gasteiger partial charge < -0.3 is 35.4 Å². The number of ether oxygens (including phenoxy) is 1. The maximum atomic E-state index is 13.6. The zero-order valence-corrected chi connectivity index (χ0v) is 25.9. The largest absolute Gasteiger partial charge is 0.508 e. The minimum Gasteiger partial charge on any atom is -0.508 e. The van der Waals surface area contributed by atoms with Crippen molar-refractivity contribution in [1.29, 1.82) is 0 Å². The second kappa shape index (κ2) is 13.3. The first-order chi connectivity index (χ1) is 22.5. The Balaban J connectivity index is 1.25. The molecule has 0 amide bonds. The quantitative estimate of drug-likeness (QED) is 0.157. The van der Waals surface area contributed by atoms with Crippen molar-refractivity contribution in [2.75, 3.05) is 10.9 Å². The number of hydrogen-bond donors (Lipinski definition) is 6. The number of aliphatic hydroxyl groups excluding tert-OH is 5. The summed E-state index contributed by atoms with van der Waals surface area (Å²) in [7, 11) is -3.84. The number of rotatable bonds is 9. The molecule has 2 aliphatic rings. The molecule has 6 rings (SSSR count). The van der Waals surface area contributed by atoms with Crippen molar-refractivity contribution in [1.82, 2.24) is 0 Å². The summed E-state index contributed by atoms with van der Waals surface area (Å²) in [6.45, 7) is -0.537. The van der Waals surface area contributed by atoms with E-state index in [0.29, 0.717) is 33.5 Å². The van der Waals surface area contributed by atoms with E-state index in [0.717, 1.165) is 0 Å². The molecule has 0 bridgehead atoms. The highest BCUT2D eigenvalue weighted by Crippen LogP contribution is 2.50. The van der Waals surface area contributed by atoms with Gasteiger partial charge in [-0.3, -0.25) is 4.31 Å². The highest BCUT2D eigenvalue weighted by Gasteiger charge is 2.55. The van der Waals surface area contributed by atoms with Crippen LogP contribution in [0, 0.1) is 5.82 Å². The van der Waals surface area contributed by atoms with Gasteiger partial charge in [-0.15, -0.1) is 0 Å². The number of halogens is 1. The summed E-state index contributed by atoms with van der Waals surface area (Å²) in [5, 5.41) is 61.3. The molecule has 0 aromatic heterocycles. The van der Waals surface area contributed by atoms with Gasteiger partial charge in [-0.2, -0.15) is 0 Å². The third kappa shape index (κ3) is 6.25. The molecule has 4 aromatic rings. The molecule has 6 N–H and O–H groups in total. The number of aromatic hydroxyl groups is 1. The highest BCUT2D eigenvalue weighted by atomic mass is 32.2. The van der Waals surface area contributed by atoms with E-state index in [1.807, 2.05) is 0 Å². The normalized spacial score (nSPS) is 27.6. The van der Waals surface area contributed by atoms with Gasteiger partial charge in [0.05, 0.1) is 24.4 Å². The Kier molecular flexibility index (Phi) is 9.36. The van der Waals surface area contributed by atoms with Gasteiger partial charge >= 0.3 is 0 Å². The smallest absolute Gasteiger partial charge is 0.241 e. The van der Waals surface area contributed by atoms with Crippen LogP contribution in [0.2, 0.25) is 0 Å². The van der Waals surface area contributed by atoms with E-state index in [1.54, 1.807) is 66.7 Å². The molecule has 47 heavy (non-hydrogen) atoms. The average molecular weight is 666 g/mol. The third-order valence-corrected chi connectivity index (χ3v) is 11.3. The first kappa shape index (κ1) is 33.0. The summed E-state index contributed by atoms with van der Waals surface area (Å²) in [5.74, 6) is -0.560. The predicted molar refractivity (Wildman–Crippen MR) is 171 cm³/mol. The zero-order valence-electron chi connectivity index (χ0n) is 25.1. The SMILES string of the molecule is O=S1(=O)[C@@H](CCC(O)c2ccc(F)cc2)[C@@H](c2ccc(-c3ccc([C@@H]4O[C@H](CO)[C@@H](O)[C@H](O)[C@H]4O)cc3)cc2O)N1c1ccccc1. The van der Waals surface area contributed by atoms with Crippen LogP contribution in [0.5, 0.6) is 5.75 Å². The summed E-state index contributed by atoms with van der Waals surface area (Å²) in [4.78, 5) is 0. The second-order valence-corrected chi connectivity index (χ2v) is 14.0. The zero-order chi connectivity index (χ0) is 33.5.